The second-order valence-corrected chi connectivity index (χ2v) is 5.67. The van der Waals surface area contributed by atoms with Crippen molar-refractivity contribution in [2.45, 2.75) is 33.1 Å². The average Bonchev–Trinajstić information content (AvgIpc) is 3.16. The molecule has 1 aliphatic rings. The van der Waals surface area contributed by atoms with Crippen LogP contribution >= 0.6 is 0 Å². The maximum atomic E-state index is 12.4. The van der Waals surface area contributed by atoms with Gasteiger partial charge < -0.3 is 4.74 Å². The molecule has 0 fully saturated rings. The fraction of sp³-hybridized carbons (Fsp3) is 0.353. The fourth-order valence-corrected chi connectivity index (χ4v) is 2.85. The average molecular weight is 328 g/mol. The van der Waals surface area contributed by atoms with Gasteiger partial charge in [-0.15, -0.1) is 0 Å². The third-order valence-corrected chi connectivity index (χ3v) is 3.98. The number of rotatable bonds is 3. The Balaban J connectivity index is 1.84. The molecule has 1 aromatic heterocycles. The van der Waals surface area contributed by atoms with Crippen molar-refractivity contribution in [3.8, 4) is 5.69 Å². The summed E-state index contributed by atoms with van der Waals surface area (Å²) >= 11 is 0. The minimum Gasteiger partial charge on any atom is -0.449 e. The molecule has 24 heavy (non-hydrogen) atoms. The monoisotopic (exact) mass is 328 g/mol. The van der Waals surface area contributed by atoms with Crippen LogP contribution in [0.15, 0.2) is 24.3 Å². The van der Waals surface area contributed by atoms with Crippen LogP contribution in [0.5, 0.6) is 0 Å². The van der Waals surface area contributed by atoms with Gasteiger partial charge in [-0.05, 0) is 45.2 Å². The molecule has 0 spiro atoms. The van der Waals surface area contributed by atoms with E-state index in [9.17, 15) is 9.59 Å². The maximum Gasteiger partial charge on any atom is 0.426 e. The molecule has 7 heteroatoms. The molecule has 7 nitrogen and oxygen atoms in total. The molecule has 2 amide bonds. The zero-order chi connectivity index (χ0) is 17.1. The Bertz CT molecular complexity index is 765. The molecule has 2 N–H and O–H groups in total. The molecule has 2 aromatic rings. The topological polar surface area (TPSA) is 85.2 Å². The summed E-state index contributed by atoms with van der Waals surface area (Å²) in [6.07, 6.45) is 1.99. The van der Waals surface area contributed by atoms with Gasteiger partial charge in [0.15, 0.2) is 5.69 Å². The second-order valence-electron chi connectivity index (χ2n) is 5.67. The molecular formula is C17H20N4O3. The molecule has 0 aliphatic heterocycles. The van der Waals surface area contributed by atoms with Gasteiger partial charge in [-0.25, -0.2) is 14.9 Å². The van der Waals surface area contributed by atoms with E-state index in [4.69, 9.17) is 4.74 Å². The Morgan fingerprint density at radius 1 is 1.21 bits per heavy atom. The van der Waals surface area contributed by atoms with E-state index in [0.29, 0.717) is 5.69 Å². The van der Waals surface area contributed by atoms with Crippen LogP contribution in [0.1, 0.15) is 40.7 Å². The van der Waals surface area contributed by atoms with Crippen molar-refractivity contribution in [2.24, 2.45) is 0 Å². The van der Waals surface area contributed by atoms with E-state index in [2.05, 4.69) is 16.0 Å². The Hall–Kier alpha value is -2.83. The van der Waals surface area contributed by atoms with E-state index in [1.807, 2.05) is 35.9 Å². The van der Waals surface area contributed by atoms with Gasteiger partial charge in [0.2, 0.25) is 0 Å². The minimum absolute atomic E-state index is 0.235. The summed E-state index contributed by atoms with van der Waals surface area (Å²) in [7, 11) is 0. The number of nitrogens with zero attached hydrogens (tertiary/aromatic N) is 2. The fourth-order valence-electron chi connectivity index (χ4n) is 2.85. The molecule has 0 saturated carbocycles. The smallest absolute Gasteiger partial charge is 0.426 e. The molecular weight excluding hydrogens is 308 g/mol. The molecule has 1 heterocycles. The Kier molecular flexibility index (Phi) is 4.50. The largest absolute Gasteiger partial charge is 0.449 e. The number of amides is 2. The van der Waals surface area contributed by atoms with E-state index in [0.717, 1.165) is 36.2 Å². The van der Waals surface area contributed by atoms with Gasteiger partial charge in [0, 0.05) is 11.3 Å². The highest BCUT2D eigenvalue weighted by Crippen LogP contribution is 2.27. The summed E-state index contributed by atoms with van der Waals surface area (Å²) in [6.45, 7) is 3.95. The first-order valence-corrected chi connectivity index (χ1v) is 8.01. The minimum atomic E-state index is -0.694. The standard InChI is InChI=1S/C17H20N4O3/c1-3-24-17(23)19-18-16(22)15-13-5-4-6-14(13)21(20-15)12-9-7-11(2)8-10-12/h7-10H,3-6H2,1-2H3,(H,18,22)(H,19,23). The third-order valence-electron chi connectivity index (χ3n) is 3.98. The molecule has 1 aliphatic carbocycles. The molecule has 126 valence electrons. The summed E-state index contributed by atoms with van der Waals surface area (Å²) in [5, 5.41) is 4.47. The molecule has 0 bridgehead atoms. The first-order chi connectivity index (χ1) is 11.6. The van der Waals surface area contributed by atoms with Crippen molar-refractivity contribution in [1.29, 1.82) is 0 Å². The van der Waals surface area contributed by atoms with Crippen LogP contribution in [-0.2, 0) is 17.6 Å². The normalized spacial score (nSPS) is 12.6. The summed E-state index contributed by atoms with van der Waals surface area (Å²) in [5.41, 5.74) is 9.01. The summed E-state index contributed by atoms with van der Waals surface area (Å²) in [4.78, 5) is 23.7. The van der Waals surface area contributed by atoms with Crippen LogP contribution < -0.4 is 10.9 Å². The number of ether oxygens (including phenoxy) is 1. The van der Waals surface area contributed by atoms with E-state index in [1.54, 1.807) is 6.92 Å². The highest BCUT2D eigenvalue weighted by Gasteiger charge is 2.27. The molecule has 0 atom stereocenters. The van der Waals surface area contributed by atoms with Crippen molar-refractivity contribution in [1.82, 2.24) is 20.6 Å². The van der Waals surface area contributed by atoms with Gasteiger partial charge in [-0.1, -0.05) is 17.7 Å². The number of carbonyl (C=O) groups excluding carboxylic acids is 2. The van der Waals surface area contributed by atoms with Crippen molar-refractivity contribution in [3.05, 3.63) is 46.8 Å². The van der Waals surface area contributed by atoms with Crippen LogP contribution in [0.3, 0.4) is 0 Å². The quantitative estimate of drug-likeness (QED) is 0.845. The Morgan fingerprint density at radius 3 is 2.67 bits per heavy atom. The van der Waals surface area contributed by atoms with Gasteiger partial charge in [-0.2, -0.15) is 5.10 Å². The highest BCUT2D eigenvalue weighted by molar-refractivity contribution is 5.95. The first-order valence-electron chi connectivity index (χ1n) is 8.01. The van der Waals surface area contributed by atoms with Crippen molar-refractivity contribution < 1.29 is 14.3 Å². The third kappa shape index (κ3) is 3.10. The molecule has 1 aromatic carbocycles. The second kappa shape index (κ2) is 6.74. The zero-order valence-corrected chi connectivity index (χ0v) is 13.8. The lowest BCUT2D eigenvalue weighted by Crippen LogP contribution is -2.42. The van der Waals surface area contributed by atoms with E-state index in [1.165, 1.54) is 5.56 Å². The van der Waals surface area contributed by atoms with Crippen LogP contribution in [0.2, 0.25) is 0 Å². The van der Waals surface area contributed by atoms with Crippen LogP contribution in [-0.4, -0.2) is 28.4 Å². The predicted octanol–water partition coefficient (Wildman–Crippen LogP) is 2.06. The number of fused-ring (bicyclic) bond motifs is 1. The lowest BCUT2D eigenvalue weighted by molar-refractivity contribution is 0.0906. The van der Waals surface area contributed by atoms with Crippen molar-refractivity contribution in [2.75, 3.05) is 6.61 Å². The maximum absolute atomic E-state index is 12.4. The molecule has 0 unspecified atom stereocenters. The van der Waals surface area contributed by atoms with Crippen molar-refractivity contribution in [3.63, 3.8) is 0 Å². The SMILES string of the molecule is CCOC(=O)NNC(=O)c1nn(-c2ccc(C)cc2)c2c1CCC2. The van der Waals surface area contributed by atoms with E-state index in [-0.39, 0.29) is 6.61 Å². The molecule has 0 saturated heterocycles. The summed E-state index contributed by atoms with van der Waals surface area (Å²) in [6, 6.07) is 8.00. The Morgan fingerprint density at radius 2 is 1.96 bits per heavy atom. The summed E-state index contributed by atoms with van der Waals surface area (Å²) < 4.78 is 6.54. The van der Waals surface area contributed by atoms with Gasteiger partial charge in [-0.3, -0.25) is 10.2 Å². The van der Waals surface area contributed by atoms with Gasteiger partial charge in [0.05, 0.1) is 12.3 Å². The van der Waals surface area contributed by atoms with Gasteiger partial charge in [0.1, 0.15) is 0 Å². The number of aromatic nitrogens is 2. The van der Waals surface area contributed by atoms with Crippen LogP contribution in [0.4, 0.5) is 4.79 Å². The van der Waals surface area contributed by atoms with Crippen molar-refractivity contribution >= 4 is 12.0 Å². The van der Waals surface area contributed by atoms with Crippen LogP contribution in [0.25, 0.3) is 5.69 Å². The molecule has 0 radical (unpaired) electrons. The number of aryl methyl sites for hydroxylation is 1. The number of carbonyl (C=O) groups is 2. The van der Waals surface area contributed by atoms with Gasteiger partial charge in [0.25, 0.3) is 5.91 Å². The number of hydrogen-bond acceptors (Lipinski definition) is 4. The summed E-state index contributed by atoms with van der Waals surface area (Å²) in [5.74, 6) is -0.438. The number of nitrogens with one attached hydrogen (secondary N) is 2. The number of hydrogen-bond donors (Lipinski definition) is 2. The van der Waals surface area contributed by atoms with E-state index >= 15 is 0 Å². The first kappa shape index (κ1) is 16.0. The Labute approximate surface area is 140 Å². The van der Waals surface area contributed by atoms with Crippen LogP contribution in [0, 0.1) is 6.92 Å². The molecule has 3 rings (SSSR count). The number of benzene rings is 1. The zero-order valence-electron chi connectivity index (χ0n) is 13.8. The lowest BCUT2D eigenvalue weighted by atomic mass is 10.2. The highest BCUT2D eigenvalue weighted by atomic mass is 16.5. The predicted molar refractivity (Wildman–Crippen MR) is 87.9 cm³/mol. The lowest BCUT2D eigenvalue weighted by Gasteiger charge is -2.07. The van der Waals surface area contributed by atoms with E-state index < -0.39 is 12.0 Å². The van der Waals surface area contributed by atoms with Gasteiger partial charge >= 0.3 is 6.09 Å². The number of hydrazine groups is 1.